The summed E-state index contributed by atoms with van der Waals surface area (Å²) in [6.07, 6.45) is 3.00. The number of nitrogens with one attached hydrogen (secondary N) is 2. The molecule has 2 aliphatic rings. The lowest BCUT2D eigenvalue weighted by molar-refractivity contribution is -0.119. The Balaban J connectivity index is 1.18. The first-order chi connectivity index (χ1) is 23.9. The second kappa shape index (κ2) is 13.4. The summed E-state index contributed by atoms with van der Waals surface area (Å²) in [6, 6.07) is 14.1. The van der Waals surface area contributed by atoms with Crippen LogP contribution in [0.4, 0.5) is 4.39 Å². The van der Waals surface area contributed by atoms with Crippen LogP contribution in [0.2, 0.25) is 10.0 Å². The zero-order valence-electron chi connectivity index (χ0n) is 27.8. The maximum Gasteiger partial charge on any atom is 0.277 e. The van der Waals surface area contributed by atoms with Crippen LogP contribution in [0.1, 0.15) is 31.2 Å². The number of hydrogen-bond donors (Lipinski definition) is 3. The Labute approximate surface area is 297 Å². The van der Waals surface area contributed by atoms with Crippen molar-refractivity contribution in [2.45, 2.75) is 44.5 Å². The number of amides is 1. The number of carbonyl (C=O) groups is 1. The van der Waals surface area contributed by atoms with Crippen LogP contribution in [0.3, 0.4) is 0 Å². The Bertz CT molecular complexity index is 2190. The standard InChI is InChI=1S/C36H36Cl2FN7O4/c1-36(49)18-45(19-36)17-30-43-46-16-20(12-29(46)35(48)44(30)2)22-6-4-7-23(32(22)37)24-8-5-9-25(33(24)38)28-13-27(39)26(34(42-28)50-3)15-40-14-21-10-11-31(47)41-21/h4-9,12-13,16,21,40,49H,10-11,14-15,17-19H2,1-3H3,(H,41,47)/t21-/m0/s1. The second-order valence-electron chi connectivity index (χ2n) is 13.2. The molecule has 260 valence electrons. The molecule has 2 fully saturated rings. The van der Waals surface area contributed by atoms with E-state index in [1.54, 1.807) is 42.9 Å². The molecule has 0 radical (unpaired) electrons. The minimum Gasteiger partial charge on any atom is -0.481 e. The molecule has 7 rings (SSSR count). The van der Waals surface area contributed by atoms with Gasteiger partial charge in [0.25, 0.3) is 5.56 Å². The largest absolute Gasteiger partial charge is 0.481 e. The van der Waals surface area contributed by atoms with Gasteiger partial charge in [-0.25, -0.2) is 13.9 Å². The van der Waals surface area contributed by atoms with Gasteiger partial charge in [0, 0.05) is 85.8 Å². The lowest BCUT2D eigenvalue weighted by Gasteiger charge is -2.44. The van der Waals surface area contributed by atoms with E-state index in [0.29, 0.717) is 87.5 Å². The molecule has 0 spiro atoms. The van der Waals surface area contributed by atoms with E-state index >= 15 is 4.39 Å². The highest BCUT2D eigenvalue weighted by Crippen LogP contribution is 2.43. The van der Waals surface area contributed by atoms with Gasteiger partial charge in [0.1, 0.15) is 17.2 Å². The number of rotatable bonds is 10. The number of aromatic nitrogens is 4. The van der Waals surface area contributed by atoms with Crippen LogP contribution in [-0.4, -0.2) is 73.5 Å². The first-order valence-electron chi connectivity index (χ1n) is 16.3. The van der Waals surface area contributed by atoms with Gasteiger partial charge in [-0.05, 0) is 19.4 Å². The average molecular weight is 721 g/mol. The number of carbonyl (C=O) groups excluding carboxylic acids is 1. The molecular weight excluding hydrogens is 684 g/mol. The van der Waals surface area contributed by atoms with E-state index < -0.39 is 11.4 Å². The van der Waals surface area contributed by atoms with Crippen molar-refractivity contribution in [2.75, 3.05) is 26.7 Å². The van der Waals surface area contributed by atoms with E-state index in [9.17, 15) is 14.7 Å². The SMILES string of the molecule is COc1nc(-c2cccc(-c3cccc(-c4cc5c(=O)n(C)c(CN6CC(C)(O)C6)nn5c4)c3Cl)c2Cl)cc(F)c1CNC[C@@H]1CCC(=O)N1. The lowest BCUT2D eigenvalue weighted by atomic mass is 9.97. The highest BCUT2D eigenvalue weighted by molar-refractivity contribution is 6.39. The quantitative estimate of drug-likeness (QED) is 0.188. The van der Waals surface area contributed by atoms with Gasteiger partial charge >= 0.3 is 0 Å². The number of halogens is 3. The molecule has 3 N–H and O–H groups in total. The third kappa shape index (κ3) is 6.49. The number of benzene rings is 2. The van der Waals surface area contributed by atoms with Crippen molar-refractivity contribution in [2.24, 2.45) is 7.05 Å². The molecule has 2 aromatic carbocycles. The molecule has 0 aliphatic carbocycles. The molecule has 11 nitrogen and oxygen atoms in total. The monoisotopic (exact) mass is 719 g/mol. The summed E-state index contributed by atoms with van der Waals surface area (Å²) in [5, 5.41) is 21.7. The summed E-state index contributed by atoms with van der Waals surface area (Å²) < 4.78 is 24.1. The fourth-order valence-electron chi connectivity index (χ4n) is 6.78. The normalized spacial score (nSPS) is 17.3. The summed E-state index contributed by atoms with van der Waals surface area (Å²) >= 11 is 14.1. The van der Waals surface area contributed by atoms with Gasteiger partial charge in [-0.3, -0.25) is 19.1 Å². The number of pyridine rings is 1. The molecule has 2 saturated heterocycles. The van der Waals surface area contributed by atoms with Crippen molar-refractivity contribution in [3.63, 3.8) is 0 Å². The molecule has 5 aromatic rings. The van der Waals surface area contributed by atoms with Crippen molar-refractivity contribution in [3.8, 4) is 39.4 Å². The molecule has 0 bridgehead atoms. The molecule has 0 saturated carbocycles. The number of ether oxygens (including phenoxy) is 1. The first kappa shape index (κ1) is 34.1. The van der Waals surface area contributed by atoms with Gasteiger partial charge in [0.15, 0.2) is 0 Å². The average Bonchev–Trinajstić information content (AvgIpc) is 3.69. The molecule has 1 atom stereocenters. The Morgan fingerprint density at radius 2 is 1.76 bits per heavy atom. The molecular formula is C36H36Cl2FN7O4. The van der Waals surface area contributed by atoms with Crippen LogP contribution >= 0.6 is 23.2 Å². The highest BCUT2D eigenvalue weighted by Gasteiger charge is 2.37. The number of methoxy groups -OCH3 is 1. The summed E-state index contributed by atoms with van der Waals surface area (Å²) in [7, 11) is 3.13. The van der Waals surface area contributed by atoms with Crippen molar-refractivity contribution in [3.05, 3.63) is 92.3 Å². The van der Waals surface area contributed by atoms with E-state index in [0.717, 1.165) is 6.42 Å². The maximum atomic E-state index is 15.5. The van der Waals surface area contributed by atoms with E-state index in [1.165, 1.54) is 17.7 Å². The molecule has 3 aromatic heterocycles. The Kier molecular flexibility index (Phi) is 9.16. The van der Waals surface area contributed by atoms with E-state index in [2.05, 4.69) is 15.6 Å². The molecule has 2 aliphatic heterocycles. The number of fused-ring (bicyclic) bond motifs is 1. The highest BCUT2D eigenvalue weighted by atomic mass is 35.5. The molecule has 0 unspecified atom stereocenters. The predicted octanol–water partition coefficient (Wildman–Crippen LogP) is 4.82. The van der Waals surface area contributed by atoms with Crippen LogP contribution in [-0.2, 0) is 24.9 Å². The number of likely N-dealkylation sites (tertiary alicyclic amines) is 1. The fourth-order valence-corrected chi connectivity index (χ4v) is 7.44. The summed E-state index contributed by atoms with van der Waals surface area (Å²) in [5.74, 6) is 0.223. The minimum atomic E-state index is -0.729. The first-order valence-corrected chi connectivity index (χ1v) is 17.0. The minimum absolute atomic E-state index is 0.00459. The van der Waals surface area contributed by atoms with Crippen molar-refractivity contribution >= 4 is 34.6 Å². The predicted molar refractivity (Wildman–Crippen MR) is 190 cm³/mol. The van der Waals surface area contributed by atoms with Gasteiger partial charge in [-0.2, -0.15) is 5.10 Å². The van der Waals surface area contributed by atoms with Gasteiger partial charge < -0.3 is 20.5 Å². The van der Waals surface area contributed by atoms with Crippen molar-refractivity contribution in [1.29, 1.82) is 0 Å². The van der Waals surface area contributed by atoms with Gasteiger partial charge in [-0.1, -0.05) is 59.6 Å². The zero-order valence-corrected chi connectivity index (χ0v) is 29.3. The van der Waals surface area contributed by atoms with Crippen LogP contribution in [0.25, 0.3) is 39.0 Å². The molecule has 50 heavy (non-hydrogen) atoms. The Morgan fingerprint density at radius 3 is 2.42 bits per heavy atom. The van der Waals surface area contributed by atoms with Crippen LogP contribution in [0.15, 0.2) is 59.5 Å². The molecule has 14 heteroatoms. The van der Waals surface area contributed by atoms with Crippen LogP contribution in [0, 0.1) is 5.82 Å². The second-order valence-corrected chi connectivity index (χ2v) is 14.0. The zero-order chi connectivity index (χ0) is 35.3. The number of nitrogens with zero attached hydrogens (tertiary/aromatic N) is 5. The number of β-amino-alcohol motifs (C(OH)–C–C–N with tert-alkyl or cyclic N) is 1. The Hall–Kier alpha value is -4.33. The lowest BCUT2D eigenvalue weighted by Crippen LogP contribution is -2.59. The van der Waals surface area contributed by atoms with Crippen molar-refractivity contribution in [1.82, 2.24) is 34.7 Å². The van der Waals surface area contributed by atoms with E-state index in [-0.39, 0.29) is 35.5 Å². The summed E-state index contributed by atoms with van der Waals surface area (Å²) in [4.78, 5) is 31.5. The molecule has 5 heterocycles. The number of hydrogen-bond acceptors (Lipinski definition) is 8. The van der Waals surface area contributed by atoms with Gasteiger partial charge in [0.05, 0.1) is 40.6 Å². The number of aliphatic hydroxyl groups is 1. The third-order valence-electron chi connectivity index (χ3n) is 9.31. The van der Waals surface area contributed by atoms with Crippen molar-refractivity contribution < 1.29 is 19.0 Å². The van der Waals surface area contributed by atoms with E-state index in [1.807, 2.05) is 29.2 Å². The summed E-state index contributed by atoms with van der Waals surface area (Å²) in [6.45, 7) is 3.91. The van der Waals surface area contributed by atoms with E-state index in [4.69, 9.17) is 33.0 Å². The summed E-state index contributed by atoms with van der Waals surface area (Å²) in [5.41, 5.74) is 3.17. The Morgan fingerprint density at radius 1 is 1.08 bits per heavy atom. The molecule has 1 amide bonds. The fraction of sp³-hybridized carbons (Fsp3) is 0.333. The topological polar surface area (TPSA) is 126 Å². The maximum absolute atomic E-state index is 15.5. The van der Waals surface area contributed by atoms with Crippen LogP contribution < -0.4 is 20.9 Å². The van der Waals surface area contributed by atoms with Gasteiger partial charge in [0.2, 0.25) is 11.8 Å². The van der Waals surface area contributed by atoms with Crippen LogP contribution in [0.5, 0.6) is 5.88 Å². The third-order valence-corrected chi connectivity index (χ3v) is 10.1. The smallest absolute Gasteiger partial charge is 0.277 e. The van der Waals surface area contributed by atoms with Gasteiger partial charge in [-0.15, -0.1) is 0 Å².